The summed E-state index contributed by atoms with van der Waals surface area (Å²) in [5.74, 6) is 0.0254. The van der Waals surface area contributed by atoms with Gasteiger partial charge in [-0.3, -0.25) is 4.79 Å². The maximum atomic E-state index is 12.8. The fourth-order valence-corrected chi connectivity index (χ4v) is 10.4. The molecule has 2 N–H and O–H groups in total. The van der Waals surface area contributed by atoms with Crippen LogP contribution in [0.3, 0.4) is 0 Å². The van der Waals surface area contributed by atoms with Crippen LogP contribution in [0.1, 0.15) is 85.5 Å². The average molecular weight is 577 g/mol. The average Bonchev–Trinajstić information content (AvgIpc) is 3.44. The summed E-state index contributed by atoms with van der Waals surface area (Å²) >= 11 is 0. The van der Waals surface area contributed by atoms with Crippen molar-refractivity contribution >= 4 is 11.9 Å². The molecule has 0 radical (unpaired) electrons. The van der Waals surface area contributed by atoms with Gasteiger partial charge in [-0.05, 0) is 93.0 Å². The lowest BCUT2D eigenvalue weighted by Gasteiger charge is -2.64. The van der Waals surface area contributed by atoms with Crippen molar-refractivity contribution in [3.8, 4) is 0 Å². The molecule has 9 heteroatoms. The lowest BCUT2D eigenvalue weighted by Crippen LogP contribution is -2.66. The van der Waals surface area contributed by atoms with Crippen molar-refractivity contribution in [3.63, 3.8) is 0 Å². The van der Waals surface area contributed by atoms with Crippen LogP contribution in [0.2, 0.25) is 0 Å². The van der Waals surface area contributed by atoms with Crippen molar-refractivity contribution < 1.29 is 43.5 Å². The molecule has 0 amide bonds. The SMILES string of the molecule is CO[C@H]1C[C@H](OC2CCC3(C)C4CCC5(C)C(C6=CC(=O)OC6)CC(OC(C)=O)C5(O)C4CC[C@H]3C2)O[C@@H](C)[C@@H]1O. The van der Waals surface area contributed by atoms with Crippen LogP contribution < -0.4 is 0 Å². The Balaban J connectivity index is 1.21. The normalized spacial score (nSPS) is 51.2. The standard InChI is InChI=1S/C32H48O9/c1-17-29(35)25(37-5)15-28(39-17)41-21-8-10-30(3)20(13-21)6-7-23-22(30)9-11-31(4)24(19-12-27(34)38-16-19)14-26(32(23,31)36)40-18(2)33/h12,17,20-26,28-29,35-36H,6-11,13-16H2,1-5H3/t17-,20-,21?,22?,23?,24?,25-,26?,28-,29-,30?,31?,32?/m0/s1. The summed E-state index contributed by atoms with van der Waals surface area (Å²) in [6.07, 6.45) is 6.97. The van der Waals surface area contributed by atoms with Crippen molar-refractivity contribution in [2.45, 2.75) is 128 Å². The highest BCUT2D eigenvalue weighted by atomic mass is 16.7. The molecule has 0 aromatic heterocycles. The minimum absolute atomic E-state index is 0.0133. The first-order chi connectivity index (χ1) is 19.4. The third-order valence-corrected chi connectivity index (χ3v) is 12.5. The van der Waals surface area contributed by atoms with Crippen molar-refractivity contribution in [1.29, 1.82) is 0 Å². The summed E-state index contributed by atoms with van der Waals surface area (Å²) in [6.45, 7) is 8.09. The molecule has 6 rings (SSSR count). The zero-order chi connectivity index (χ0) is 29.3. The van der Waals surface area contributed by atoms with Gasteiger partial charge in [-0.1, -0.05) is 13.8 Å². The molecule has 9 nitrogen and oxygen atoms in total. The highest BCUT2D eigenvalue weighted by Crippen LogP contribution is 2.70. The maximum Gasteiger partial charge on any atom is 0.331 e. The van der Waals surface area contributed by atoms with E-state index in [0.717, 1.165) is 50.5 Å². The Morgan fingerprint density at radius 1 is 1.07 bits per heavy atom. The number of rotatable bonds is 5. The number of methoxy groups -OCH3 is 1. The van der Waals surface area contributed by atoms with Gasteiger partial charge in [-0.25, -0.2) is 4.79 Å². The van der Waals surface area contributed by atoms with Crippen LogP contribution in [-0.2, 0) is 33.3 Å². The fraction of sp³-hybridized carbons (Fsp3) is 0.875. The molecule has 4 saturated carbocycles. The van der Waals surface area contributed by atoms with Crippen molar-refractivity contribution in [3.05, 3.63) is 11.6 Å². The largest absolute Gasteiger partial charge is 0.459 e. The fourth-order valence-electron chi connectivity index (χ4n) is 10.4. The first-order valence-corrected chi connectivity index (χ1v) is 15.7. The quantitative estimate of drug-likeness (QED) is 0.373. The van der Waals surface area contributed by atoms with E-state index in [1.54, 1.807) is 13.2 Å². The highest BCUT2D eigenvalue weighted by molar-refractivity contribution is 5.85. The summed E-state index contributed by atoms with van der Waals surface area (Å²) in [5.41, 5.74) is -0.697. The topological polar surface area (TPSA) is 121 Å². The Morgan fingerprint density at radius 2 is 1.85 bits per heavy atom. The number of esters is 2. The molecule has 5 fully saturated rings. The molecule has 4 aliphatic carbocycles. The van der Waals surface area contributed by atoms with E-state index in [1.807, 2.05) is 6.92 Å². The zero-order valence-corrected chi connectivity index (χ0v) is 25.2. The Labute approximate surface area is 243 Å². The van der Waals surface area contributed by atoms with Gasteiger partial charge in [0.25, 0.3) is 0 Å². The Hall–Kier alpha value is -1.52. The van der Waals surface area contributed by atoms with E-state index in [1.165, 1.54) is 6.92 Å². The lowest BCUT2D eigenvalue weighted by molar-refractivity contribution is -0.275. The van der Waals surface area contributed by atoms with E-state index < -0.39 is 23.2 Å². The predicted molar refractivity (Wildman–Crippen MR) is 147 cm³/mol. The number of hydrogen-bond donors (Lipinski definition) is 2. The molecular formula is C32H48O9. The molecule has 0 bridgehead atoms. The second-order valence-corrected chi connectivity index (χ2v) is 14.3. The van der Waals surface area contributed by atoms with Crippen LogP contribution in [0, 0.1) is 34.5 Å². The van der Waals surface area contributed by atoms with Crippen LogP contribution in [0.25, 0.3) is 0 Å². The number of aliphatic hydroxyl groups excluding tert-OH is 1. The molecule has 6 aliphatic rings. The second kappa shape index (κ2) is 10.6. The van der Waals surface area contributed by atoms with E-state index in [-0.39, 0.29) is 60.4 Å². The smallest absolute Gasteiger partial charge is 0.331 e. The summed E-state index contributed by atoms with van der Waals surface area (Å²) in [6, 6.07) is 0. The monoisotopic (exact) mass is 576 g/mol. The number of ether oxygens (including phenoxy) is 5. The number of hydrogen-bond acceptors (Lipinski definition) is 9. The molecule has 41 heavy (non-hydrogen) atoms. The molecule has 8 unspecified atom stereocenters. The molecule has 0 aromatic carbocycles. The number of aliphatic hydroxyl groups is 2. The first kappa shape index (κ1) is 29.5. The lowest BCUT2D eigenvalue weighted by atomic mass is 9.43. The third kappa shape index (κ3) is 4.60. The van der Waals surface area contributed by atoms with Gasteiger partial charge < -0.3 is 33.9 Å². The van der Waals surface area contributed by atoms with Crippen LogP contribution in [-0.4, -0.2) is 78.3 Å². The molecular weight excluding hydrogens is 528 g/mol. The minimum Gasteiger partial charge on any atom is -0.459 e. The van der Waals surface area contributed by atoms with Crippen LogP contribution in [0.15, 0.2) is 11.6 Å². The Bertz CT molecular complexity index is 1080. The summed E-state index contributed by atoms with van der Waals surface area (Å²) in [5, 5.41) is 23.2. The van der Waals surface area contributed by atoms with Crippen molar-refractivity contribution in [2.75, 3.05) is 13.7 Å². The van der Waals surface area contributed by atoms with Crippen molar-refractivity contribution in [1.82, 2.24) is 0 Å². The van der Waals surface area contributed by atoms with E-state index in [2.05, 4.69) is 13.8 Å². The summed E-state index contributed by atoms with van der Waals surface area (Å²) in [4.78, 5) is 24.2. The van der Waals surface area contributed by atoms with Crippen molar-refractivity contribution in [2.24, 2.45) is 34.5 Å². The minimum atomic E-state index is -1.16. The number of carbonyl (C=O) groups excluding carboxylic acids is 2. The van der Waals surface area contributed by atoms with E-state index >= 15 is 0 Å². The van der Waals surface area contributed by atoms with E-state index in [9.17, 15) is 19.8 Å². The van der Waals surface area contributed by atoms with E-state index in [0.29, 0.717) is 24.7 Å². The zero-order valence-electron chi connectivity index (χ0n) is 25.2. The van der Waals surface area contributed by atoms with Gasteiger partial charge in [0.05, 0.1) is 18.3 Å². The van der Waals surface area contributed by atoms with Gasteiger partial charge >= 0.3 is 11.9 Å². The molecule has 13 atom stereocenters. The summed E-state index contributed by atoms with van der Waals surface area (Å²) < 4.78 is 29.2. The Kier molecular flexibility index (Phi) is 7.62. The molecule has 0 spiro atoms. The molecule has 230 valence electrons. The Morgan fingerprint density at radius 3 is 2.54 bits per heavy atom. The van der Waals surface area contributed by atoms with Gasteiger partial charge in [-0.2, -0.15) is 0 Å². The van der Waals surface area contributed by atoms with Gasteiger partial charge in [0.15, 0.2) is 6.29 Å². The molecule has 2 aliphatic heterocycles. The highest BCUT2D eigenvalue weighted by Gasteiger charge is 2.72. The third-order valence-electron chi connectivity index (χ3n) is 12.5. The maximum absolute atomic E-state index is 12.8. The number of carbonyl (C=O) groups is 2. The summed E-state index contributed by atoms with van der Waals surface area (Å²) in [7, 11) is 1.62. The number of cyclic esters (lactones) is 1. The molecule has 1 saturated heterocycles. The predicted octanol–water partition coefficient (Wildman–Crippen LogP) is 3.68. The van der Waals surface area contributed by atoms with Crippen LogP contribution in [0.5, 0.6) is 0 Å². The van der Waals surface area contributed by atoms with E-state index in [4.69, 9.17) is 23.7 Å². The molecule has 0 aromatic rings. The van der Waals surface area contributed by atoms with Gasteiger partial charge in [0.2, 0.25) is 0 Å². The van der Waals surface area contributed by atoms with Crippen LogP contribution >= 0.6 is 0 Å². The number of fused-ring (bicyclic) bond motifs is 5. The first-order valence-electron chi connectivity index (χ1n) is 15.7. The van der Waals surface area contributed by atoms with Gasteiger partial charge in [-0.15, -0.1) is 0 Å². The van der Waals surface area contributed by atoms with Gasteiger partial charge in [0.1, 0.15) is 24.4 Å². The van der Waals surface area contributed by atoms with Gasteiger partial charge in [0, 0.05) is 31.9 Å². The van der Waals surface area contributed by atoms with Crippen LogP contribution in [0.4, 0.5) is 0 Å². The second-order valence-electron chi connectivity index (χ2n) is 14.3. The molecule has 2 heterocycles.